The number of benzene rings is 2. The summed E-state index contributed by atoms with van der Waals surface area (Å²) in [6.07, 6.45) is 0. The van der Waals surface area contributed by atoms with E-state index in [4.69, 9.17) is 39.5 Å². The second-order valence-corrected chi connectivity index (χ2v) is 7.58. The van der Waals surface area contributed by atoms with Gasteiger partial charge in [0.15, 0.2) is 6.61 Å². The molecule has 2 aromatic carbocycles. The van der Waals surface area contributed by atoms with Crippen molar-refractivity contribution in [3.63, 3.8) is 0 Å². The van der Waals surface area contributed by atoms with Crippen LogP contribution >= 0.6 is 34.8 Å². The van der Waals surface area contributed by atoms with E-state index in [1.807, 2.05) is 24.3 Å². The molecule has 0 heterocycles. The van der Waals surface area contributed by atoms with Crippen molar-refractivity contribution in [1.82, 2.24) is 0 Å². The summed E-state index contributed by atoms with van der Waals surface area (Å²) in [5.74, 6) is 0.286. The highest BCUT2D eigenvalue weighted by atomic mass is 35.5. The number of rotatable bonds is 4. The maximum absolute atomic E-state index is 12.0. The van der Waals surface area contributed by atoms with E-state index >= 15 is 0 Å². The maximum Gasteiger partial charge on any atom is 0.262 e. The molecule has 0 aliphatic carbocycles. The van der Waals surface area contributed by atoms with Gasteiger partial charge in [-0.25, -0.2) is 0 Å². The minimum Gasteiger partial charge on any atom is -0.484 e. The Hall–Kier alpha value is -1.42. The van der Waals surface area contributed by atoms with Crippen molar-refractivity contribution in [2.45, 2.75) is 26.2 Å². The van der Waals surface area contributed by atoms with Gasteiger partial charge in [-0.1, -0.05) is 67.7 Å². The van der Waals surface area contributed by atoms with Gasteiger partial charge in [0.2, 0.25) is 0 Å². The molecule has 1 N–H and O–H groups in total. The quantitative estimate of drug-likeness (QED) is 0.658. The molecule has 1 amide bonds. The molecule has 0 spiro atoms. The van der Waals surface area contributed by atoms with E-state index in [9.17, 15) is 4.79 Å². The standard InChI is InChI=1S/C18H18Cl3NO2/c1-18(2,3)11-4-6-12(7-5-11)24-10-17(23)22-16-9-14(20)13(19)8-15(16)21/h4-9H,10H2,1-3H3,(H,22,23). The van der Waals surface area contributed by atoms with Crippen LogP contribution in [-0.2, 0) is 10.2 Å². The van der Waals surface area contributed by atoms with E-state index < -0.39 is 0 Å². The van der Waals surface area contributed by atoms with E-state index in [1.54, 1.807) is 0 Å². The minimum atomic E-state index is -0.338. The van der Waals surface area contributed by atoms with Crippen LogP contribution in [0, 0.1) is 0 Å². The largest absolute Gasteiger partial charge is 0.484 e. The highest BCUT2D eigenvalue weighted by Crippen LogP contribution is 2.32. The Morgan fingerprint density at radius 1 is 1.00 bits per heavy atom. The summed E-state index contributed by atoms with van der Waals surface area (Å²) in [6, 6.07) is 10.7. The van der Waals surface area contributed by atoms with Crippen LogP contribution in [0.1, 0.15) is 26.3 Å². The van der Waals surface area contributed by atoms with Gasteiger partial charge in [-0.05, 0) is 35.2 Å². The zero-order valence-electron chi connectivity index (χ0n) is 13.6. The van der Waals surface area contributed by atoms with Crippen LogP contribution in [0.2, 0.25) is 15.1 Å². The molecule has 0 atom stereocenters. The number of amides is 1. The first-order valence-corrected chi connectivity index (χ1v) is 8.48. The van der Waals surface area contributed by atoms with Gasteiger partial charge in [0.05, 0.1) is 20.8 Å². The highest BCUT2D eigenvalue weighted by molar-refractivity contribution is 6.44. The third kappa shape index (κ3) is 5.04. The van der Waals surface area contributed by atoms with Gasteiger partial charge in [-0.15, -0.1) is 0 Å². The molecule has 6 heteroatoms. The topological polar surface area (TPSA) is 38.3 Å². The summed E-state index contributed by atoms with van der Waals surface area (Å²) in [5, 5.41) is 3.60. The van der Waals surface area contributed by atoms with Crippen LogP contribution in [0.15, 0.2) is 36.4 Å². The monoisotopic (exact) mass is 385 g/mol. The average Bonchev–Trinajstić information content (AvgIpc) is 2.50. The van der Waals surface area contributed by atoms with Crippen molar-refractivity contribution in [3.8, 4) is 5.75 Å². The van der Waals surface area contributed by atoms with Crippen LogP contribution < -0.4 is 10.1 Å². The number of halogens is 3. The van der Waals surface area contributed by atoms with E-state index in [-0.39, 0.29) is 17.9 Å². The first-order chi connectivity index (χ1) is 11.2. The van der Waals surface area contributed by atoms with Crippen molar-refractivity contribution in [3.05, 3.63) is 57.0 Å². The van der Waals surface area contributed by atoms with Crippen molar-refractivity contribution in [2.75, 3.05) is 11.9 Å². The van der Waals surface area contributed by atoms with Crippen LogP contribution in [0.5, 0.6) is 5.75 Å². The molecular weight excluding hydrogens is 369 g/mol. The molecule has 0 bridgehead atoms. The zero-order chi connectivity index (χ0) is 17.9. The third-order valence-electron chi connectivity index (χ3n) is 3.37. The normalized spacial score (nSPS) is 11.2. The lowest BCUT2D eigenvalue weighted by atomic mass is 9.87. The number of carbonyl (C=O) groups is 1. The lowest BCUT2D eigenvalue weighted by Crippen LogP contribution is -2.20. The van der Waals surface area contributed by atoms with Gasteiger partial charge in [0.1, 0.15) is 5.75 Å². The second kappa shape index (κ2) is 7.64. The molecule has 0 aliphatic rings. The van der Waals surface area contributed by atoms with Crippen LogP contribution in [0.3, 0.4) is 0 Å². The maximum atomic E-state index is 12.0. The molecule has 0 saturated heterocycles. The summed E-state index contributed by atoms with van der Waals surface area (Å²) in [4.78, 5) is 12.0. The number of hydrogen-bond acceptors (Lipinski definition) is 2. The molecule has 0 saturated carbocycles. The molecular formula is C18H18Cl3NO2. The molecule has 0 aliphatic heterocycles. The predicted molar refractivity (Wildman–Crippen MR) is 101 cm³/mol. The van der Waals surface area contributed by atoms with E-state index in [0.717, 1.165) is 0 Å². The SMILES string of the molecule is CC(C)(C)c1ccc(OCC(=O)Nc2cc(Cl)c(Cl)cc2Cl)cc1. The van der Waals surface area contributed by atoms with Crippen molar-refractivity contribution < 1.29 is 9.53 Å². The zero-order valence-corrected chi connectivity index (χ0v) is 15.9. The molecule has 2 rings (SSSR count). The first-order valence-electron chi connectivity index (χ1n) is 7.34. The van der Waals surface area contributed by atoms with Gasteiger partial charge in [-0.2, -0.15) is 0 Å². The van der Waals surface area contributed by atoms with Crippen molar-refractivity contribution in [2.24, 2.45) is 0 Å². The van der Waals surface area contributed by atoms with Gasteiger partial charge < -0.3 is 10.1 Å². The fourth-order valence-corrected chi connectivity index (χ4v) is 2.60. The summed E-state index contributed by atoms with van der Waals surface area (Å²) >= 11 is 17.8. The molecule has 0 radical (unpaired) electrons. The van der Waals surface area contributed by atoms with E-state index in [0.29, 0.717) is 26.5 Å². The van der Waals surface area contributed by atoms with E-state index in [2.05, 4.69) is 26.1 Å². The summed E-state index contributed by atoms with van der Waals surface area (Å²) < 4.78 is 5.49. The van der Waals surface area contributed by atoms with Crippen LogP contribution in [0.4, 0.5) is 5.69 Å². The number of ether oxygens (including phenoxy) is 1. The fourth-order valence-electron chi connectivity index (χ4n) is 2.00. The molecule has 0 fully saturated rings. The van der Waals surface area contributed by atoms with Crippen molar-refractivity contribution >= 4 is 46.4 Å². The second-order valence-electron chi connectivity index (χ2n) is 6.36. The fraction of sp³-hybridized carbons (Fsp3) is 0.278. The molecule has 0 aromatic heterocycles. The number of nitrogens with one attached hydrogen (secondary N) is 1. The predicted octanol–water partition coefficient (Wildman–Crippen LogP) is 5.96. The molecule has 128 valence electrons. The number of anilines is 1. The third-order valence-corrected chi connectivity index (χ3v) is 4.41. The Labute approximate surface area is 156 Å². The van der Waals surface area contributed by atoms with Crippen molar-refractivity contribution in [1.29, 1.82) is 0 Å². The molecule has 2 aromatic rings. The molecule has 24 heavy (non-hydrogen) atoms. The highest BCUT2D eigenvalue weighted by Gasteiger charge is 2.13. The van der Waals surface area contributed by atoms with Gasteiger partial charge in [-0.3, -0.25) is 4.79 Å². The summed E-state index contributed by atoms with van der Waals surface area (Å²) in [7, 11) is 0. The summed E-state index contributed by atoms with van der Waals surface area (Å²) in [6.45, 7) is 6.28. The minimum absolute atomic E-state index is 0.0699. The molecule has 0 unspecified atom stereocenters. The Bertz CT molecular complexity index is 737. The first kappa shape index (κ1) is 18.9. The Morgan fingerprint density at radius 3 is 2.17 bits per heavy atom. The lowest BCUT2D eigenvalue weighted by Gasteiger charge is -2.19. The van der Waals surface area contributed by atoms with Gasteiger partial charge >= 0.3 is 0 Å². The molecule has 3 nitrogen and oxygen atoms in total. The average molecular weight is 387 g/mol. The van der Waals surface area contributed by atoms with E-state index in [1.165, 1.54) is 17.7 Å². The number of hydrogen-bond donors (Lipinski definition) is 1. The van der Waals surface area contributed by atoms with Crippen LogP contribution in [-0.4, -0.2) is 12.5 Å². The number of carbonyl (C=O) groups excluding carboxylic acids is 1. The van der Waals surface area contributed by atoms with Gasteiger partial charge in [0, 0.05) is 0 Å². The Kier molecular flexibility index (Phi) is 6.02. The van der Waals surface area contributed by atoms with Gasteiger partial charge in [0.25, 0.3) is 5.91 Å². The summed E-state index contributed by atoms with van der Waals surface area (Å²) in [5.41, 5.74) is 1.66. The Balaban J connectivity index is 1.95. The smallest absolute Gasteiger partial charge is 0.262 e. The lowest BCUT2D eigenvalue weighted by molar-refractivity contribution is -0.118. The van der Waals surface area contributed by atoms with Crippen LogP contribution in [0.25, 0.3) is 0 Å². The Morgan fingerprint density at radius 2 is 1.58 bits per heavy atom.